The van der Waals surface area contributed by atoms with Gasteiger partial charge in [-0.1, -0.05) is 6.07 Å². The Hall–Kier alpha value is -4.92. The van der Waals surface area contributed by atoms with Crippen molar-refractivity contribution in [1.82, 2.24) is 25.5 Å². The van der Waals surface area contributed by atoms with E-state index in [2.05, 4.69) is 30.8 Å². The highest BCUT2D eigenvalue weighted by atomic mass is 19.4. The van der Waals surface area contributed by atoms with Gasteiger partial charge in [-0.15, -0.1) is 0 Å². The van der Waals surface area contributed by atoms with E-state index >= 15 is 0 Å². The van der Waals surface area contributed by atoms with Gasteiger partial charge in [-0.3, -0.25) is 14.7 Å². The van der Waals surface area contributed by atoms with Gasteiger partial charge >= 0.3 is 12.1 Å². The van der Waals surface area contributed by atoms with E-state index in [0.29, 0.717) is 34.7 Å². The molecule has 0 spiro atoms. The summed E-state index contributed by atoms with van der Waals surface area (Å²) >= 11 is 0. The molecule has 2 aromatic heterocycles. The summed E-state index contributed by atoms with van der Waals surface area (Å²) in [6.45, 7) is 0.433. The van der Waals surface area contributed by atoms with Crippen molar-refractivity contribution in [3.63, 3.8) is 0 Å². The zero-order valence-corrected chi connectivity index (χ0v) is 24.5. The standard InChI is InChI=1S/C30H32F3N7O5/c1-44-21-14-17(30(31,32)33)6-9-19(21)29(43)36-20-10-5-16(13-22(20)45-2)25-24-26(34)37-27(38-28(24)40-39-25)15-3-7-18(8-4-15)35-12-11-23(41)42/h5-6,9-10,13-15,18,35H,3-4,7-8,11-12H2,1-2H3,(H,36,43)(H,41,42)(H3,34,37,38,39,40). The molecule has 0 unspecified atom stereocenters. The molecule has 0 bridgehead atoms. The van der Waals surface area contributed by atoms with Crippen LogP contribution in [0.25, 0.3) is 22.3 Å². The number of methoxy groups -OCH3 is 2. The normalized spacial score (nSPS) is 16.8. The summed E-state index contributed by atoms with van der Waals surface area (Å²) < 4.78 is 49.9. The Labute approximate surface area is 255 Å². The molecule has 0 atom stereocenters. The Morgan fingerprint density at radius 2 is 1.78 bits per heavy atom. The minimum atomic E-state index is -4.59. The molecule has 1 amide bonds. The van der Waals surface area contributed by atoms with Crippen molar-refractivity contribution in [3.05, 3.63) is 53.3 Å². The number of hydrogen-bond donors (Lipinski definition) is 5. The van der Waals surface area contributed by atoms with Crippen LogP contribution in [0.2, 0.25) is 0 Å². The fraction of sp³-hybridized carbons (Fsp3) is 0.367. The number of ether oxygens (including phenoxy) is 2. The zero-order chi connectivity index (χ0) is 32.3. The number of H-pyrrole nitrogens is 1. The summed E-state index contributed by atoms with van der Waals surface area (Å²) in [7, 11) is 2.60. The smallest absolute Gasteiger partial charge is 0.416 e. The molecule has 0 radical (unpaired) electrons. The Kier molecular flexibility index (Phi) is 9.09. The van der Waals surface area contributed by atoms with Crippen LogP contribution < -0.4 is 25.8 Å². The number of amides is 1. The molecule has 1 aliphatic rings. The summed E-state index contributed by atoms with van der Waals surface area (Å²) in [5, 5.41) is 22.7. The molecule has 45 heavy (non-hydrogen) atoms. The minimum absolute atomic E-state index is 0.0823. The molecule has 6 N–H and O–H groups in total. The highest BCUT2D eigenvalue weighted by molar-refractivity contribution is 6.07. The van der Waals surface area contributed by atoms with Gasteiger partial charge in [0.15, 0.2) is 5.65 Å². The van der Waals surface area contributed by atoms with Crippen molar-refractivity contribution in [2.24, 2.45) is 0 Å². The van der Waals surface area contributed by atoms with Crippen LogP contribution in [0.3, 0.4) is 0 Å². The molecule has 1 fully saturated rings. The fourth-order valence-corrected chi connectivity index (χ4v) is 5.49. The number of carbonyl (C=O) groups is 2. The number of halogens is 3. The minimum Gasteiger partial charge on any atom is -0.496 e. The van der Waals surface area contributed by atoms with Gasteiger partial charge < -0.3 is 30.9 Å². The largest absolute Gasteiger partial charge is 0.496 e. The topological polar surface area (TPSA) is 177 Å². The number of nitrogens with two attached hydrogens (primary N) is 1. The third-order valence-corrected chi connectivity index (χ3v) is 7.83. The van der Waals surface area contributed by atoms with E-state index < -0.39 is 23.6 Å². The van der Waals surface area contributed by atoms with Gasteiger partial charge in [0.25, 0.3) is 5.91 Å². The maximum absolute atomic E-state index is 13.1. The summed E-state index contributed by atoms with van der Waals surface area (Å²) in [5.41, 5.74) is 7.24. The van der Waals surface area contributed by atoms with Crippen molar-refractivity contribution >= 4 is 34.4 Å². The lowest BCUT2D eigenvalue weighted by molar-refractivity contribution is -0.138. The third kappa shape index (κ3) is 6.93. The number of alkyl halides is 3. The molecule has 5 rings (SSSR count). The molecule has 2 heterocycles. The number of carbonyl (C=O) groups excluding carboxylic acids is 1. The fourth-order valence-electron chi connectivity index (χ4n) is 5.49. The van der Waals surface area contributed by atoms with Gasteiger partial charge in [-0.25, -0.2) is 9.97 Å². The number of carboxylic acid groups (broad SMARTS) is 1. The number of carboxylic acids is 1. The second-order valence-corrected chi connectivity index (χ2v) is 10.7. The van der Waals surface area contributed by atoms with E-state index in [0.717, 1.165) is 43.9 Å². The number of nitrogens with one attached hydrogen (secondary N) is 3. The summed E-state index contributed by atoms with van der Waals surface area (Å²) in [6.07, 6.45) is -1.11. The average Bonchev–Trinajstić information content (AvgIpc) is 3.45. The first kappa shape index (κ1) is 31.5. The Balaban J connectivity index is 1.33. The number of hydrogen-bond acceptors (Lipinski definition) is 9. The number of anilines is 2. The highest BCUT2D eigenvalue weighted by Crippen LogP contribution is 2.38. The highest BCUT2D eigenvalue weighted by Gasteiger charge is 2.32. The predicted molar refractivity (Wildman–Crippen MR) is 159 cm³/mol. The molecule has 0 saturated heterocycles. The molecule has 12 nitrogen and oxygen atoms in total. The van der Waals surface area contributed by atoms with Crippen molar-refractivity contribution < 1.29 is 37.3 Å². The first-order valence-electron chi connectivity index (χ1n) is 14.2. The van der Waals surface area contributed by atoms with E-state index in [4.69, 9.17) is 20.3 Å². The third-order valence-electron chi connectivity index (χ3n) is 7.83. The van der Waals surface area contributed by atoms with E-state index in [1.807, 2.05) is 0 Å². The number of nitrogen functional groups attached to an aromatic ring is 1. The maximum Gasteiger partial charge on any atom is 0.416 e. The Morgan fingerprint density at radius 1 is 1.04 bits per heavy atom. The summed E-state index contributed by atoms with van der Waals surface area (Å²) in [6, 6.07) is 7.81. The van der Waals surface area contributed by atoms with Crippen molar-refractivity contribution in [2.75, 3.05) is 31.8 Å². The van der Waals surface area contributed by atoms with Gasteiger partial charge in [0.1, 0.15) is 23.1 Å². The summed E-state index contributed by atoms with van der Waals surface area (Å²) in [5.74, 6) is -0.501. The van der Waals surface area contributed by atoms with Crippen LogP contribution in [-0.4, -0.2) is 64.0 Å². The second kappa shape index (κ2) is 13.0. The molecule has 2 aromatic carbocycles. The average molecular weight is 628 g/mol. The van der Waals surface area contributed by atoms with Gasteiger partial charge in [0.2, 0.25) is 0 Å². The number of aromatic nitrogens is 4. The van der Waals surface area contributed by atoms with E-state index in [9.17, 15) is 22.8 Å². The van der Waals surface area contributed by atoms with E-state index in [1.165, 1.54) is 14.2 Å². The van der Waals surface area contributed by atoms with E-state index in [1.54, 1.807) is 18.2 Å². The van der Waals surface area contributed by atoms with Crippen LogP contribution >= 0.6 is 0 Å². The van der Waals surface area contributed by atoms with Gasteiger partial charge in [-0.2, -0.15) is 18.3 Å². The van der Waals surface area contributed by atoms with Crippen molar-refractivity contribution in [2.45, 2.75) is 50.2 Å². The van der Waals surface area contributed by atoms with Gasteiger partial charge in [-0.05, 0) is 56.0 Å². The molecule has 238 valence electrons. The molecule has 0 aliphatic heterocycles. The molecule has 15 heteroatoms. The summed E-state index contributed by atoms with van der Waals surface area (Å²) in [4.78, 5) is 33.1. The number of rotatable bonds is 10. The first-order chi connectivity index (χ1) is 21.5. The first-order valence-corrected chi connectivity index (χ1v) is 14.2. The van der Waals surface area contributed by atoms with Crippen LogP contribution in [0.15, 0.2) is 36.4 Å². The van der Waals surface area contributed by atoms with Crippen LogP contribution in [0, 0.1) is 0 Å². The van der Waals surface area contributed by atoms with E-state index in [-0.39, 0.29) is 46.9 Å². The van der Waals surface area contributed by atoms with Crippen molar-refractivity contribution in [3.8, 4) is 22.8 Å². The van der Waals surface area contributed by atoms with Crippen LogP contribution in [-0.2, 0) is 11.0 Å². The lowest BCUT2D eigenvalue weighted by atomic mass is 9.85. The quantitative estimate of drug-likeness (QED) is 0.161. The van der Waals surface area contributed by atoms with Crippen molar-refractivity contribution in [1.29, 1.82) is 0 Å². The zero-order valence-electron chi connectivity index (χ0n) is 24.5. The number of benzene rings is 2. The molecule has 1 aliphatic carbocycles. The van der Waals surface area contributed by atoms with Gasteiger partial charge in [0.05, 0.1) is 48.5 Å². The number of aromatic amines is 1. The number of nitrogens with zero attached hydrogens (tertiary/aromatic N) is 3. The van der Waals surface area contributed by atoms with Crippen LogP contribution in [0.4, 0.5) is 24.7 Å². The lowest BCUT2D eigenvalue weighted by Crippen LogP contribution is -2.34. The second-order valence-electron chi connectivity index (χ2n) is 10.7. The Bertz CT molecular complexity index is 1720. The van der Waals surface area contributed by atoms with Gasteiger partial charge in [0, 0.05) is 24.1 Å². The lowest BCUT2D eigenvalue weighted by Gasteiger charge is -2.28. The predicted octanol–water partition coefficient (Wildman–Crippen LogP) is 4.98. The SMILES string of the molecule is COc1cc(-c2[nH]nc3nc(C4CCC(NCCC(=O)O)CC4)nc(N)c23)ccc1NC(=O)c1ccc(C(F)(F)F)cc1OC. The monoisotopic (exact) mass is 627 g/mol. The van der Waals surface area contributed by atoms with Crippen LogP contribution in [0.5, 0.6) is 11.5 Å². The maximum atomic E-state index is 13.1. The molecule has 1 saturated carbocycles. The Morgan fingerprint density at radius 3 is 2.44 bits per heavy atom. The van der Waals surface area contributed by atoms with Crippen LogP contribution in [0.1, 0.15) is 59.8 Å². The molecule has 4 aromatic rings. The number of aliphatic carboxylic acids is 1. The molecular weight excluding hydrogens is 595 g/mol. The molecular formula is C30H32F3N7O5. The number of fused-ring (bicyclic) bond motifs is 1.